The zero-order chi connectivity index (χ0) is 15.6. The molecule has 21 heavy (non-hydrogen) atoms. The zero-order valence-corrected chi connectivity index (χ0v) is 13.5. The van der Waals surface area contributed by atoms with Crippen molar-refractivity contribution in [2.75, 3.05) is 0 Å². The van der Waals surface area contributed by atoms with E-state index in [-0.39, 0.29) is 15.8 Å². The lowest BCUT2D eigenvalue weighted by atomic mass is 10.1. The third-order valence-electron chi connectivity index (χ3n) is 3.02. The van der Waals surface area contributed by atoms with Crippen molar-refractivity contribution < 1.29 is 18.5 Å². The zero-order valence-electron chi connectivity index (χ0n) is 11.1. The average molecular weight is 371 g/mol. The van der Waals surface area contributed by atoms with Crippen molar-refractivity contribution in [3.8, 4) is 0 Å². The van der Waals surface area contributed by atoms with Crippen LogP contribution < -0.4 is 0 Å². The predicted octanol–water partition coefficient (Wildman–Crippen LogP) is 3.90. The Morgan fingerprint density at radius 2 is 2.05 bits per heavy atom. The fourth-order valence-corrected chi connectivity index (χ4v) is 3.61. The molecule has 0 aromatic heterocycles. The molecular formula is C15H12BrFO3S. The molecule has 1 unspecified atom stereocenters. The monoisotopic (exact) mass is 370 g/mol. The van der Waals surface area contributed by atoms with Crippen molar-refractivity contribution in [2.45, 2.75) is 17.6 Å². The van der Waals surface area contributed by atoms with Gasteiger partial charge in [-0.2, -0.15) is 0 Å². The molecule has 1 atom stereocenters. The van der Waals surface area contributed by atoms with Crippen molar-refractivity contribution >= 4 is 32.7 Å². The molecule has 110 valence electrons. The van der Waals surface area contributed by atoms with Gasteiger partial charge in [0, 0.05) is 4.90 Å². The molecule has 0 bridgehead atoms. The Balaban J connectivity index is 2.31. The van der Waals surface area contributed by atoms with Crippen LogP contribution in [0.15, 0.2) is 45.8 Å². The minimum absolute atomic E-state index is 0.112. The maximum Gasteiger partial charge on any atom is 0.335 e. The third-order valence-corrected chi connectivity index (χ3v) is 5.26. The normalized spacial score (nSPS) is 12.1. The van der Waals surface area contributed by atoms with E-state index in [1.54, 1.807) is 31.2 Å². The predicted molar refractivity (Wildman–Crippen MR) is 82.4 cm³/mol. The lowest BCUT2D eigenvalue weighted by Gasteiger charge is -2.08. The van der Waals surface area contributed by atoms with Gasteiger partial charge in [-0.1, -0.05) is 18.2 Å². The maximum absolute atomic E-state index is 13.4. The van der Waals surface area contributed by atoms with Gasteiger partial charge in [0.05, 0.1) is 26.6 Å². The Morgan fingerprint density at radius 3 is 2.71 bits per heavy atom. The first-order chi connectivity index (χ1) is 9.90. The van der Waals surface area contributed by atoms with Crippen LogP contribution >= 0.6 is 15.9 Å². The van der Waals surface area contributed by atoms with Gasteiger partial charge in [-0.05, 0) is 52.2 Å². The number of benzene rings is 2. The van der Waals surface area contributed by atoms with Gasteiger partial charge < -0.3 is 5.11 Å². The summed E-state index contributed by atoms with van der Waals surface area (Å²) in [5.41, 5.74) is 1.31. The highest BCUT2D eigenvalue weighted by Gasteiger charge is 2.14. The largest absolute Gasteiger partial charge is 0.478 e. The van der Waals surface area contributed by atoms with Crippen molar-refractivity contribution in [1.82, 2.24) is 0 Å². The van der Waals surface area contributed by atoms with Gasteiger partial charge in [0.2, 0.25) is 0 Å². The summed E-state index contributed by atoms with van der Waals surface area (Å²) in [6.07, 6.45) is 0. The van der Waals surface area contributed by atoms with E-state index in [2.05, 4.69) is 15.9 Å². The molecule has 2 aromatic carbocycles. The second-order valence-electron chi connectivity index (χ2n) is 4.48. The molecule has 0 aliphatic heterocycles. The highest BCUT2D eigenvalue weighted by Crippen LogP contribution is 2.24. The second kappa shape index (κ2) is 6.49. The Hall–Kier alpha value is -1.53. The number of aromatic carboxylic acids is 1. The summed E-state index contributed by atoms with van der Waals surface area (Å²) >= 11 is 3.13. The van der Waals surface area contributed by atoms with E-state index in [0.29, 0.717) is 16.0 Å². The first-order valence-electron chi connectivity index (χ1n) is 6.05. The van der Waals surface area contributed by atoms with Crippen LogP contribution in [0.4, 0.5) is 4.39 Å². The summed E-state index contributed by atoms with van der Waals surface area (Å²) in [5.74, 6) is -1.36. The van der Waals surface area contributed by atoms with Gasteiger partial charge >= 0.3 is 5.97 Å². The number of hydrogen-bond donors (Lipinski definition) is 1. The first-order valence-corrected chi connectivity index (χ1v) is 8.16. The minimum Gasteiger partial charge on any atom is -0.478 e. The molecule has 0 aliphatic carbocycles. The van der Waals surface area contributed by atoms with Gasteiger partial charge in [0.25, 0.3) is 0 Å². The quantitative estimate of drug-likeness (QED) is 0.887. The number of carboxylic acid groups (broad SMARTS) is 1. The van der Waals surface area contributed by atoms with E-state index in [1.807, 2.05) is 0 Å². The number of carbonyl (C=O) groups is 1. The summed E-state index contributed by atoms with van der Waals surface area (Å²) in [7, 11) is -1.45. The topological polar surface area (TPSA) is 54.4 Å². The van der Waals surface area contributed by atoms with Crippen LogP contribution in [0.1, 0.15) is 21.5 Å². The Kier molecular flexibility index (Phi) is 4.90. The molecule has 0 saturated carbocycles. The van der Waals surface area contributed by atoms with E-state index in [0.717, 1.165) is 0 Å². The molecule has 1 N–H and O–H groups in total. The lowest BCUT2D eigenvalue weighted by molar-refractivity contribution is 0.0696. The molecule has 0 fully saturated rings. The molecule has 6 heteroatoms. The number of carboxylic acids is 1. The minimum atomic E-state index is -1.45. The van der Waals surface area contributed by atoms with Crippen molar-refractivity contribution in [3.63, 3.8) is 0 Å². The summed E-state index contributed by atoms with van der Waals surface area (Å²) in [6, 6.07) is 9.19. The Labute approximate surface area is 132 Å². The molecule has 0 saturated heterocycles. The van der Waals surface area contributed by atoms with E-state index < -0.39 is 22.6 Å². The fourth-order valence-electron chi connectivity index (χ4n) is 1.86. The molecular weight excluding hydrogens is 359 g/mol. The smallest absolute Gasteiger partial charge is 0.335 e. The Bertz CT molecular complexity index is 731. The number of halogens is 2. The van der Waals surface area contributed by atoms with Crippen LogP contribution in [0, 0.1) is 12.7 Å². The second-order valence-corrected chi connectivity index (χ2v) is 6.73. The maximum atomic E-state index is 13.4. The van der Waals surface area contributed by atoms with Gasteiger partial charge in [0.15, 0.2) is 0 Å². The Morgan fingerprint density at radius 1 is 1.33 bits per heavy atom. The molecule has 2 aromatic rings. The van der Waals surface area contributed by atoms with E-state index in [1.165, 1.54) is 12.1 Å². The molecule has 0 spiro atoms. The van der Waals surface area contributed by atoms with E-state index >= 15 is 0 Å². The van der Waals surface area contributed by atoms with Crippen molar-refractivity contribution in [2.24, 2.45) is 0 Å². The molecule has 0 radical (unpaired) electrons. The molecule has 0 heterocycles. The highest BCUT2D eigenvalue weighted by atomic mass is 79.9. The van der Waals surface area contributed by atoms with E-state index in [4.69, 9.17) is 5.11 Å². The van der Waals surface area contributed by atoms with Gasteiger partial charge in [-0.15, -0.1) is 0 Å². The summed E-state index contributed by atoms with van der Waals surface area (Å²) in [5, 5.41) is 9.09. The van der Waals surface area contributed by atoms with Crippen LogP contribution in [0.3, 0.4) is 0 Å². The first kappa shape index (κ1) is 15.9. The van der Waals surface area contributed by atoms with Crippen molar-refractivity contribution in [1.29, 1.82) is 0 Å². The van der Waals surface area contributed by atoms with Crippen LogP contribution in [-0.2, 0) is 16.6 Å². The van der Waals surface area contributed by atoms with Crippen LogP contribution in [0.5, 0.6) is 0 Å². The summed E-state index contributed by atoms with van der Waals surface area (Å²) < 4.78 is 26.1. The standard InChI is InChI=1S/C15H12BrFO3S/c1-9-5-6-11(7-12(9)15(18)19)21(20)8-10-3-2-4-13(17)14(10)16/h2-7H,8H2,1H3,(H,18,19). The van der Waals surface area contributed by atoms with Gasteiger partial charge in [-0.3, -0.25) is 4.21 Å². The van der Waals surface area contributed by atoms with Gasteiger partial charge in [0.1, 0.15) is 5.82 Å². The molecule has 0 aliphatic rings. The van der Waals surface area contributed by atoms with Crippen molar-refractivity contribution in [3.05, 3.63) is 63.4 Å². The van der Waals surface area contributed by atoms with Crippen LogP contribution in [-0.4, -0.2) is 15.3 Å². The van der Waals surface area contributed by atoms with E-state index in [9.17, 15) is 13.4 Å². The molecule has 0 amide bonds. The van der Waals surface area contributed by atoms with Gasteiger partial charge in [-0.25, -0.2) is 9.18 Å². The molecule has 3 nitrogen and oxygen atoms in total. The number of hydrogen-bond acceptors (Lipinski definition) is 2. The highest BCUT2D eigenvalue weighted by molar-refractivity contribution is 9.10. The lowest BCUT2D eigenvalue weighted by Crippen LogP contribution is -2.03. The number of aryl methyl sites for hydroxylation is 1. The van der Waals surface area contributed by atoms with Crippen LogP contribution in [0.25, 0.3) is 0 Å². The number of rotatable bonds is 4. The third kappa shape index (κ3) is 3.57. The summed E-state index contributed by atoms with van der Waals surface area (Å²) in [4.78, 5) is 11.5. The fraction of sp³-hybridized carbons (Fsp3) is 0.133. The SMILES string of the molecule is Cc1ccc(S(=O)Cc2cccc(F)c2Br)cc1C(=O)O. The average Bonchev–Trinajstić information content (AvgIpc) is 2.44. The molecule has 2 rings (SSSR count). The summed E-state index contributed by atoms with van der Waals surface area (Å²) in [6.45, 7) is 1.68. The van der Waals surface area contributed by atoms with Crippen LogP contribution in [0.2, 0.25) is 0 Å².